The molecule has 194 valence electrons. The molecule has 0 atom stereocenters. The fourth-order valence-electron chi connectivity index (χ4n) is 4.93. The lowest BCUT2D eigenvalue weighted by Gasteiger charge is -2.14. The van der Waals surface area contributed by atoms with Crippen molar-refractivity contribution in [2.75, 3.05) is 13.2 Å². The highest BCUT2D eigenvalue weighted by atomic mass is 16.5. The number of esters is 1. The van der Waals surface area contributed by atoms with Crippen molar-refractivity contribution in [2.45, 2.75) is 51.4 Å². The second-order valence-corrected chi connectivity index (χ2v) is 10.4. The highest BCUT2D eigenvalue weighted by molar-refractivity contribution is 5.87. The maximum absolute atomic E-state index is 12.4. The van der Waals surface area contributed by atoms with Gasteiger partial charge < -0.3 is 14.0 Å². The standard InChI is InChI=1S/C32H32N2O4/c1-3-36-31(35)32(17-18-32)26-15-13-24(14-16-26)23-9-11-25(12-10-23)30-28(21(2)34-38-30)19-27-5-4-6-29(33-27)37-20-22-7-8-22/h4-6,9-16,22H,3,7-8,17-20H2,1-2H3. The number of rotatable bonds is 10. The average Bonchev–Trinajstić information content (AvgIpc) is 3.88. The van der Waals surface area contributed by atoms with E-state index < -0.39 is 5.41 Å². The predicted octanol–water partition coefficient (Wildman–Crippen LogP) is 6.69. The van der Waals surface area contributed by atoms with Crippen molar-refractivity contribution in [3.63, 3.8) is 0 Å². The zero-order valence-electron chi connectivity index (χ0n) is 21.9. The minimum Gasteiger partial charge on any atom is -0.477 e. The van der Waals surface area contributed by atoms with Crippen LogP contribution in [0.15, 0.2) is 71.3 Å². The van der Waals surface area contributed by atoms with Crippen molar-refractivity contribution in [3.8, 4) is 28.3 Å². The van der Waals surface area contributed by atoms with Crippen LogP contribution in [0.4, 0.5) is 0 Å². The Morgan fingerprint density at radius 1 is 0.974 bits per heavy atom. The lowest BCUT2D eigenvalue weighted by atomic mass is 9.93. The first kappa shape index (κ1) is 24.4. The number of carbonyl (C=O) groups excluding carboxylic acids is 1. The Balaban J connectivity index is 1.18. The van der Waals surface area contributed by atoms with Crippen LogP contribution in [0.25, 0.3) is 22.5 Å². The van der Waals surface area contributed by atoms with Crippen LogP contribution in [-0.4, -0.2) is 29.3 Å². The SMILES string of the molecule is CCOC(=O)C1(c2ccc(-c3ccc(-c4onc(C)c4Cc4cccc(OCC5CC5)n4)cc3)cc2)CC1. The van der Waals surface area contributed by atoms with Gasteiger partial charge in [0.1, 0.15) is 0 Å². The summed E-state index contributed by atoms with van der Waals surface area (Å²) < 4.78 is 16.9. The van der Waals surface area contributed by atoms with Crippen molar-refractivity contribution in [1.29, 1.82) is 0 Å². The molecule has 0 aliphatic heterocycles. The van der Waals surface area contributed by atoms with Crippen molar-refractivity contribution >= 4 is 5.97 Å². The third kappa shape index (κ3) is 4.95. The van der Waals surface area contributed by atoms with Gasteiger partial charge in [0.15, 0.2) is 5.76 Å². The summed E-state index contributed by atoms with van der Waals surface area (Å²) in [6, 6.07) is 22.5. The third-order valence-electron chi connectivity index (χ3n) is 7.62. The molecule has 2 fully saturated rings. The summed E-state index contributed by atoms with van der Waals surface area (Å²) >= 11 is 0. The third-order valence-corrected chi connectivity index (χ3v) is 7.62. The molecule has 6 nitrogen and oxygen atoms in total. The molecule has 0 bridgehead atoms. The molecule has 0 spiro atoms. The zero-order valence-corrected chi connectivity index (χ0v) is 21.9. The summed E-state index contributed by atoms with van der Waals surface area (Å²) in [5.74, 6) is 2.02. The normalized spacial score (nSPS) is 15.7. The van der Waals surface area contributed by atoms with Gasteiger partial charge in [-0.2, -0.15) is 0 Å². The van der Waals surface area contributed by atoms with Gasteiger partial charge in [-0.1, -0.05) is 59.8 Å². The van der Waals surface area contributed by atoms with E-state index in [1.54, 1.807) is 0 Å². The van der Waals surface area contributed by atoms with Crippen molar-refractivity contribution in [1.82, 2.24) is 10.1 Å². The van der Waals surface area contributed by atoms with Crippen molar-refractivity contribution in [3.05, 3.63) is 89.2 Å². The number of aryl methyl sites for hydroxylation is 1. The van der Waals surface area contributed by atoms with Crippen molar-refractivity contribution in [2.24, 2.45) is 5.92 Å². The molecular formula is C32H32N2O4. The number of ether oxygens (including phenoxy) is 2. The molecule has 0 N–H and O–H groups in total. The highest BCUT2D eigenvalue weighted by Crippen LogP contribution is 2.49. The molecule has 2 saturated carbocycles. The Hall–Kier alpha value is -3.93. The van der Waals surface area contributed by atoms with E-state index in [9.17, 15) is 4.79 Å². The summed E-state index contributed by atoms with van der Waals surface area (Å²) in [6.07, 6.45) is 4.83. The first-order valence-corrected chi connectivity index (χ1v) is 13.5. The van der Waals surface area contributed by atoms with Gasteiger partial charge in [0.25, 0.3) is 0 Å². The molecule has 38 heavy (non-hydrogen) atoms. The molecule has 6 rings (SSSR count). The monoisotopic (exact) mass is 508 g/mol. The summed E-state index contributed by atoms with van der Waals surface area (Å²) in [7, 11) is 0. The quantitative estimate of drug-likeness (QED) is 0.222. The Morgan fingerprint density at radius 3 is 2.32 bits per heavy atom. The Kier molecular flexibility index (Phi) is 6.48. The van der Waals surface area contributed by atoms with Crippen LogP contribution in [0, 0.1) is 12.8 Å². The maximum Gasteiger partial charge on any atom is 0.316 e. The topological polar surface area (TPSA) is 74.5 Å². The second-order valence-electron chi connectivity index (χ2n) is 10.4. The van der Waals surface area contributed by atoms with E-state index in [0.717, 1.165) is 64.4 Å². The molecule has 2 heterocycles. The van der Waals surface area contributed by atoms with E-state index in [-0.39, 0.29) is 5.97 Å². The average molecular weight is 509 g/mol. The molecule has 2 aromatic carbocycles. The first-order chi connectivity index (χ1) is 18.6. The maximum atomic E-state index is 12.4. The highest BCUT2D eigenvalue weighted by Gasteiger charge is 2.52. The molecule has 2 aliphatic rings. The Morgan fingerprint density at radius 2 is 1.66 bits per heavy atom. The fraction of sp³-hybridized carbons (Fsp3) is 0.344. The van der Waals surface area contributed by atoms with E-state index in [4.69, 9.17) is 19.0 Å². The summed E-state index contributed by atoms with van der Waals surface area (Å²) in [6.45, 7) is 4.98. The van der Waals surface area contributed by atoms with E-state index >= 15 is 0 Å². The van der Waals surface area contributed by atoms with Crippen LogP contribution in [0.2, 0.25) is 0 Å². The molecule has 0 radical (unpaired) electrons. The van der Waals surface area contributed by atoms with Crippen LogP contribution < -0.4 is 4.74 Å². The number of benzene rings is 2. The predicted molar refractivity (Wildman–Crippen MR) is 145 cm³/mol. The first-order valence-electron chi connectivity index (χ1n) is 13.5. The molecule has 6 heteroatoms. The molecule has 0 amide bonds. The zero-order chi connectivity index (χ0) is 26.1. The van der Waals surface area contributed by atoms with Crippen LogP contribution in [0.1, 0.15) is 55.1 Å². The van der Waals surface area contributed by atoms with Crippen LogP contribution in [0.5, 0.6) is 5.88 Å². The fourth-order valence-corrected chi connectivity index (χ4v) is 4.93. The number of hydrogen-bond acceptors (Lipinski definition) is 6. The summed E-state index contributed by atoms with van der Waals surface area (Å²) in [5.41, 5.74) is 6.58. The molecule has 2 aromatic heterocycles. The van der Waals surface area contributed by atoms with Gasteiger partial charge in [0.05, 0.1) is 24.3 Å². The van der Waals surface area contributed by atoms with Gasteiger partial charge in [-0.25, -0.2) is 4.98 Å². The van der Waals surface area contributed by atoms with Crippen LogP contribution in [-0.2, 0) is 21.4 Å². The van der Waals surface area contributed by atoms with E-state index in [1.807, 2.05) is 32.0 Å². The number of pyridine rings is 1. The number of hydrogen-bond donors (Lipinski definition) is 0. The Labute approximate surface area is 223 Å². The summed E-state index contributed by atoms with van der Waals surface area (Å²) in [5, 5.41) is 4.25. The van der Waals surface area contributed by atoms with Crippen LogP contribution >= 0.6 is 0 Å². The van der Waals surface area contributed by atoms with Gasteiger partial charge in [-0.15, -0.1) is 0 Å². The lowest BCUT2D eigenvalue weighted by molar-refractivity contribution is -0.146. The van der Waals surface area contributed by atoms with Gasteiger partial charge in [0.2, 0.25) is 5.88 Å². The van der Waals surface area contributed by atoms with Gasteiger partial charge in [-0.3, -0.25) is 4.79 Å². The smallest absolute Gasteiger partial charge is 0.316 e. The molecule has 0 unspecified atom stereocenters. The number of carbonyl (C=O) groups is 1. The lowest BCUT2D eigenvalue weighted by Crippen LogP contribution is -2.23. The van der Waals surface area contributed by atoms with Gasteiger partial charge >= 0.3 is 5.97 Å². The molecule has 4 aromatic rings. The van der Waals surface area contributed by atoms with E-state index in [2.05, 4.69) is 53.7 Å². The molecular weight excluding hydrogens is 476 g/mol. The largest absolute Gasteiger partial charge is 0.477 e. The minimum absolute atomic E-state index is 0.108. The van der Waals surface area contributed by atoms with E-state index in [0.29, 0.717) is 24.8 Å². The summed E-state index contributed by atoms with van der Waals surface area (Å²) in [4.78, 5) is 17.1. The van der Waals surface area contributed by atoms with Crippen LogP contribution in [0.3, 0.4) is 0 Å². The molecule has 0 saturated heterocycles. The minimum atomic E-state index is -0.448. The van der Waals surface area contributed by atoms with Gasteiger partial charge in [0, 0.05) is 29.3 Å². The number of nitrogens with zero attached hydrogens (tertiary/aromatic N) is 2. The van der Waals surface area contributed by atoms with E-state index in [1.165, 1.54) is 12.8 Å². The molecule has 2 aliphatic carbocycles. The Bertz CT molecular complexity index is 1430. The second kappa shape index (κ2) is 10.1. The number of aromatic nitrogens is 2. The van der Waals surface area contributed by atoms with Crippen molar-refractivity contribution < 1.29 is 18.8 Å². The van der Waals surface area contributed by atoms with Gasteiger partial charge in [-0.05, 0) is 68.2 Å².